The van der Waals surface area contributed by atoms with Crippen LogP contribution in [-0.4, -0.2) is 40.1 Å². The number of carboxylic acids is 1. The highest BCUT2D eigenvalue weighted by molar-refractivity contribution is 9.10. The van der Waals surface area contributed by atoms with Crippen molar-refractivity contribution in [2.75, 3.05) is 0 Å². The van der Waals surface area contributed by atoms with Gasteiger partial charge in [0, 0.05) is 41.8 Å². The number of likely N-dealkylation sites (tertiary alicyclic amines) is 1. The molecule has 4 atom stereocenters. The lowest BCUT2D eigenvalue weighted by atomic mass is 9.64. The largest absolute Gasteiger partial charge is 0.480 e. The third-order valence-corrected chi connectivity index (χ3v) is 8.13. The third kappa shape index (κ3) is 4.74. The highest BCUT2D eigenvalue weighted by atomic mass is 79.9. The van der Waals surface area contributed by atoms with Gasteiger partial charge in [-0.1, -0.05) is 38.4 Å². The fourth-order valence-corrected chi connectivity index (χ4v) is 6.71. The first-order valence-electron chi connectivity index (χ1n) is 10.4. The fraction of sp³-hybridized carbons (Fsp3) is 0.435. The minimum absolute atomic E-state index is 0.0158. The summed E-state index contributed by atoms with van der Waals surface area (Å²) in [6.07, 6.45) is -0.301. The van der Waals surface area contributed by atoms with Crippen LogP contribution in [0.2, 0.25) is 5.02 Å². The first-order chi connectivity index (χ1) is 16.6. The maximum absolute atomic E-state index is 15.5. The molecular formula is C23H20BrClF4N2O4S. The van der Waals surface area contributed by atoms with E-state index in [-0.39, 0.29) is 26.8 Å². The number of benzene rings is 1. The number of nitriles is 1. The minimum atomic E-state index is -4.82. The highest BCUT2D eigenvalue weighted by Gasteiger charge is 2.71. The summed E-state index contributed by atoms with van der Waals surface area (Å²) >= 11 is 10.1. The van der Waals surface area contributed by atoms with Gasteiger partial charge in [-0.3, -0.25) is 4.79 Å². The van der Waals surface area contributed by atoms with Gasteiger partial charge in [0.05, 0.1) is 6.07 Å². The summed E-state index contributed by atoms with van der Waals surface area (Å²) in [6, 6.07) is -2.17. The maximum atomic E-state index is 15.5. The molecule has 1 aliphatic rings. The van der Waals surface area contributed by atoms with Crippen LogP contribution in [0.25, 0.3) is 0 Å². The highest BCUT2D eigenvalue weighted by Crippen LogP contribution is 2.59. The minimum Gasteiger partial charge on any atom is -0.480 e. The molecule has 36 heavy (non-hydrogen) atoms. The van der Waals surface area contributed by atoms with E-state index >= 15 is 13.2 Å². The molecule has 0 aliphatic carbocycles. The summed E-state index contributed by atoms with van der Waals surface area (Å²) in [7, 11) is 0. The molecule has 1 fully saturated rings. The second-order valence-corrected chi connectivity index (χ2v) is 11.9. The molecule has 194 valence electrons. The van der Waals surface area contributed by atoms with Crippen LogP contribution >= 0.6 is 38.9 Å². The maximum Gasteiger partial charge on any atom is 0.434 e. The molecule has 2 aromatic rings. The first-order valence-corrected chi connectivity index (χ1v) is 12.5. The summed E-state index contributed by atoms with van der Waals surface area (Å²) in [5.41, 5.74) is -3.48. The second-order valence-electron chi connectivity index (χ2n) is 9.63. The average Bonchev–Trinajstić information content (AvgIpc) is 3.31. The smallest absolute Gasteiger partial charge is 0.434 e. The van der Waals surface area contributed by atoms with Gasteiger partial charge in [0.25, 0.3) is 0 Å². The number of carbonyl (C=O) groups excluding carboxylic acids is 1. The number of thiophene rings is 1. The van der Waals surface area contributed by atoms with Gasteiger partial charge < -0.3 is 5.11 Å². The molecule has 0 radical (unpaired) electrons. The molecule has 1 aromatic carbocycles. The standard InChI is InChI=1S/C23H20BrClF4N2O4S/c1-21(2,3)8-16-22(10-30,13-5-4-12(25)7-14(13)26)17(15-6-11(24)9-36-15)18(19(32)33)31(16)23(27,28)20(34)35-29/h4-7,9,16-18H,8H2,1-3H3,(H,32,33)/t16-,17-,18+,22-/m0/s1. The Morgan fingerprint density at radius 1 is 1.33 bits per heavy atom. The van der Waals surface area contributed by atoms with Gasteiger partial charge in [-0.15, -0.1) is 11.3 Å². The Bertz CT molecular complexity index is 1230. The number of carboxylic acid groups (broad SMARTS) is 1. The molecule has 2 heterocycles. The van der Waals surface area contributed by atoms with E-state index in [2.05, 4.69) is 20.9 Å². The van der Waals surface area contributed by atoms with Crippen molar-refractivity contribution < 1.29 is 37.3 Å². The van der Waals surface area contributed by atoms with Crippen molar-refractivity contribution in [3.8, 4) is 6.07 Å². The van der Waals surface area contributed by atoms with Gasteiger partial charge in [-0.25, -0.2) is 19.0 Å². The Morgan fingerprint density at radius 3 is 2.42 bits per heavy atom. The van der Waals surface area contributed by atoms with E-state index in [1.807, 2.05) is 6.07 Å². The van der Waals surface area contributed by atoms with Crippen LogP contribution in [0.15, 0.2) is 34.1 Å². The van der Waals surface area contributed by atoms with Gasteiger partial charge in [0.2, 0.25) is 0 Å². The van der Waals surface area contributed by atoms with E-state index in [0.717, 1.165) is 23.5 Å². The van der Waals surface area contributed by atoms with E-state index in [4.69, 9.17) is 11.6 Å². The van der Waals surface area contributed by atoms with Crippen molar-refractivity contribution >= 4 is 50.8 Å². The van der Waals surface area contributed by atoms with E-state index in [9.17, 15) is 24.5 Å². The van der Waals surface area contributed by atoms with Crippen molar-refractivity contribution in [3.63, 3.8) is 0 Å². The number of carbonyl (C=O) groups is 2. The Balaban J connectivity index is 2.51. The predicted octanol–water partition coefficient (Wildman–Crippen LogP) is 6.44. The Kier molecular flexibility index (Phi) is 7.82. The van der Waals surface area contributed by atoms with Crippen LogP contribution < -0.4 is 0 Å². The summed E-state index contributed by atoms with van der Waals surface area (Å²) < 4.78 is 59.8. The molecule has 0 bridgehead atoms. The topological polar surface area (TPSA) is 90.6 Å². The number of halogens is 6. The lowest BCUT2D eigenvalue weighted by Gasteiger charge is -2.40. The van der Waals surface area contributed by atoms with Crippen molar-refractivity contribution in [3.05, 3.63) is 55.4 Å². The molecule has 13 heteroatoms. The molecule has 3 rings (SSSR count). The van der Waals surface area contributed by atoms with Gasteiger partial charge in [0.1, 0.15) is 17.3 Å². The predicted molar refractivity (Wildman–Crippen MR) is 127 cm³/mol. The Labute approximate surface area is 221 Å². The summed E-state index contributed by atoms with van der Waals surface area (Å²) in [6.45, 7) is 4.92. The molecule has 0 amide bonds. The summed E-state index contributed by atoms with van der Waals surface area (Å²) in [4.78, 5) is 27.5. The van der Waals surface area contributed by atoms with Crippen molar-refractivity contribution in [2.24, 2.45) is 5.41 Å². The Morgan fingerprint density at radius 2 is 1.97 bits per heavy atom. The fourth-order valence-electron chi connectivity index (χ4n) is 4.90. The number of alkyl halides is 2. The van der Waals surface area contributed by atoms with Crippen LogP contribution in [0.1, 0.15) is 43.6 Å². The van der Waals surface area contributed by atoms with E-state index in [1.165, 1.54) is 12.1 Å². The quantitative estimate of drug-likeness (QED) is 0.299. The number of aliphatic carboxylic acids is 1. The van der Waals surface area contributed by atoms with E-state index in [1.54, 1.807) is 26.2 Å². The zero-order valence-corrected chi connectivity index (χ0v) is 22.2. The van der Waals surface area contributed by atoms with Gasteiger partial charge in [-0.2, -0.15) is 14.0 Å². The molecular weight excluding hydrogens is 592 g/mol. The van der Waals surface area contributed by atoms with Crippen LogP contribution in [0, 0.1) is 22.6 Å². The summed E-state index contributed by atoms with van der Waals surface area (Å²) in [5.74, 6) is -7.09. The lowest BCUT2D eigenvalue weighted by Crippen LogP contribution is -2.58. The molecule has 1 N–H and O–H groups in total. The Hall–Kier alpha value is -2.20. The third-order valence-electron chi connectivity index (χ3n) is 6.12. The molecule has 0 saturated carbocycles. The van der Waals surface area contributed by atoms with Crippen molar-refractivity contribution in [1.29, 1.82) is 5.26 Å². The number of hydrogen-bond donors (Lipinski definition) is 1. The molecule has 1 aromatic heterocycles. The van der Waals surface area contributed by atoms with Gasteiger partial charge in [0.15, 0.2) is 0 Å². The zero-order chi connectivity index (χ0) is 27.2. The molecule has 0 unspecified atom stereocenters. The first kappa shape index (κ1) is 28.4. The second kappa shape index (κ2) is 9.93. The average molecular weight is 612 g/mol. The van der Waals surface area contributed by atoms with Crippen LogP contribution in [0.5, 0.6) is 0 Å². The molecule has 1 aliphatic heterocycles. The summed E-state index contributed by atoms with van der Waals surface area (Å²) in [5, 5.41) is 22.3. The van der Waals surface area contributed by atoms with Crippen LogP contribution in [-0.2, 0) is 19.9 Å². The SMILES string of the molecule is CC(C)(C)C[C@@H]1N(C(F)(F)C(=O)OF)[C@@H](C(=O)O)[C@H](c2cc(Br)cs2)[C@@]1(C#N)c1ccc(Cl)cc1F. The normalized spacial score (nSPS) is 24.9. The van der Waals surface area contributed by atoms with E-state index in [0.29, 0.717) is 4.47 Å². The van der Waals surface area contributed by atoms with Gasteiger partial charge in [-0.05, 0) is 46.0 Å². The molecule has 0 spiro atoms. The lowest BCUT2D eigenvalue weighted by molar-refractivity contribution is -0.245. The molecule has 1 saturated heterocycles. The van der Waals surface area contributed by atoms with Crippen molar-refractivity contribution in [2.45, 2.75) is 56.7 Å². The van der Waals surface area contributed by atoms with Gasteiger partial charge >= 0.3 is 18.0 Å². The van der Waals surface area contributed by atoms with Crippen LogP contribution in [0.3, 0.4) is 0 Å². The number of rotatable bonds is 6. The van der Waals surface area contributed by atoms with E-state index < -0.39 is 52.6 Å². The van der Waals surface area contributed by atoms with Crippen LogP contribution in [0.4, 0.5) is 17.7 Å². The zero-order valence-electron chi connectivity index (χ0n) is 19.1. The molecule has 6 nitrogen and oxygen atoms in total. The van der Waals surface area contributed by atoms with Crippen molar-refractivity contribution in [1.82, 2.24) is 4.90 Å². The number of hydrogen-bond acceptors (Lipinski definition) is 6. The monoisotopic (exact) mass is 610 g/mol. The number of nitrogens with zero attached hydrogens (tertiary/aromatic N) is 2.